The summed E-state index contributed by atoms with van der Waals surface area (Å²) in [5, 5.41) is 3.67. The van der Waals surface area contributed by atoms with Crippen molar-refractivity contribution in [2.24, 2.45) is 17.8 Å². The summed E-state index contributed by atoms with van der Waals surface area (Å²) in [7, 11) is 0. The molecule has 1 N–H and O–H groups in total. The zero-order valence-electron chi connectivity index (χ0n) is 17.0. The minimum Gasteiger partial charge on any atom is -0.355 e. The molecule has 0 spiro atoms. The van der Waals surface area contributed by atoms with E-state index < -0.39 is 0 Å². The van der Waals surface area contributed by atoms with Gasteiger partial charge in [0.05, 0.1) is 0 Å². The van der Waals surface area contributed by atoms with Gasteiger partial charge in [0, 0.05) is 16.9 Å². The van der Waals surface area contributed by atoms with Crippen LogP contribution in [-0.2, 0) is 5.41 Å². The normalized spacial score (nSPS) is 29.7. The van der Waals surface area contributed by atoms with Crippen molar-refractivity contribution in [3.05, 3.63) is 84.4 Å². The molecule has 1 heteroatoms. The number of anilines is 2. The SMILES string of the molecule is c1ccc(-c2ccccc2Nc2ccc(C34CC5CC(CC(C5)C3)C4)cc2)cc1. The first-order chi connectivity index (χ1) is 14.3. The Kier molecular flexibility index (Phi) is 4.04. The van der Waals surface area contributed by atoms with Crippen LogP contribution in [0.25, 0.3) is 11.1 Å². The van der Waals surface area contributed by atoms with Gasteiger partial charge in [-0.15, -0.1) is 0 Å². The molecule has 4 bridgehead atoms. The predicted molar refractivity (Wildman–Crippen MR) is 121 cm³/mol. The van der Waals surface area contributed by atoms with Crippen LogP contribution in [0, 0.1) is 17.8 Å². The predicted octanol–water partition coefficient (Wildman–Crippen LogP) is 7.57. The van der Waals surface area contributed by atoms with Crippen LogP contribution in [0.3, 0.4) is 0 Å². The lowest BCUT2D eigenvalue weighted by atomic mass is 9.48. The highest BCUT2D eigenvalue weighted by atomic mass is 14.9. The van der Waals surface area contributed by atoms with Gasteiger partial charge in [-0.25, -0.2) is 0 Å². The minimum atomic E-state index is 0.481. The molecule has 0 saturated heterocycles. The first kappa shape index (κ1) is 17.3. The molecule has 4 aliphatic rings. The standard InChI is InChI=1S/C28H29N/c1-2-6-23(7-3-1)26-8-4-5-9-27(26)29-25-12-10-24(11-13-25)28-17-20-14-21(18-28)16-22(15-20)19-28/h1-13,20-22,29H,14-19H2. The lowest BCUT2D eigenvalue weighted by molar-refractivity contribution is -0.00518. The summed E-state index contributed by atoms with van der Waals surface area (Å²) in [6.45, 7) is 0. The highest BCUT2D eigenvalue weighted by Gasteiger charge is 2.51. The van der Waals surface area contributed by atoms with Gasteiger partial charge in [-0.1, -0.05) is 60.7 Å². The monoisotopic (exact) mass is 379 g/mol. The second-order valence-electron chi connectivity index (χ2n) is 9.81. The van der Waals surface area contributed by atoms with E-state index in [-0.39, 0.29) is 0 Å². The molecule has 0 atom stereocenters. The van der Waals surface area contributed by atoms with E-state index in [1.165, 1.54) is 61.0 Å². The van der Waals surface area contributed by atoms with E-state index in [1.54, 1.807) is 5.56 Å². The molecule has 0 aliphatic heterocycles. The Morgan fingerprint density at radius 1 is 0.621 bits per heavy atom. The van der Waals surface area contributed by atoms with E-state index in [2.05, 4.69) is 84.2 Å². The lowest BCUT2D eigenvalue weighted by Gasteiger charge is -2.57. The highest BCUT2D eigenvalue weighted by Crippen LogP contribution is 2.60. The van der Waals surface area contributed by atoms with Crippen molar-refractivity contribution in [1.29, 1.82) is 0 Å². The van der Waals surface area contributed by atoms with Gasteiger partial charge in [-0.2, -0.15) is 0 Å². The zero-order chi connectivity index (χ0) is 19.3. The minimum absolute atomic E-state index is 0.481. The van der Waals surface area contributed by atoms with Crippen molar-refractivity contribution in [3.63, 3.8) is 0 Å². The second-order valence-corrected chi connectivity index (χ2v) is 9.81. The Balaban J connectivity index is 1.27. The molecule has 146 valence electrons. The van der Waals surface area contributed by atoms with Crippen molar-refractivity contribution >= 4 is 11.4 Å². The van der Waals surface area contributed by atoms with E-state index in [9.17, 15) is 0 Å². The van der Waals surface area contributed by atoms with Gasteiger partial charge < -0.3 is 5.32 Å². The van der Waals surface area contributed by atoms with Crippen LogP contribution in [-0.4, -0.2) is 0 Å². The fourth-order valence-electron chi connectivity index (χ4n) is 6.99. The summed E-state index contributed by atoms with van der Waals surface area (Å²) >= 11 is 0. The Morgan fingerprint density at radius 2 is 1.21 bits per heavy atom. The van der Waals surface area contributed by atoms with E-state index in [0.717, 1.165) is 17.8 Å². The molecule has 7 rings (SSSR count). The molecule has 0 aromatic heterocycles. The lowest BCUT2D eigenvalue weighted by Crippen LogP contribution is -2.48. The van der Waals surface area contributed by atoms with Gasteiger partial charge in [0.25, 0.3) is 0 Å². The maximum Gasteiger partial charge on any atom is 0.0463 e. The van der Waals surface area contributed by atoms with E-state index in [4.69, 9.17) is 0 Å². The van der Waals surface area contributed by atoms with Gasteiger partial charge in [-0.3, -0.25) is 0 Å². The van der Waals surface area contributed by atoms with Gasteiger partial charge >= 0.3 is 0 Å². The van der Waals surface area contributed by atoms with E-state index >= 15 is 0 Å². The van der Waals surface area contributed by atoms with Crippen LogP contribution in [0.15, 0.2) is 78.9 Å². The molecular weight excluding hydrogens is 350 g/mol. The smallest absolute Gasteiger partial charge is 0.0463 e. The summed E-state index contributed by atoms with van der Waals surface area (Å²) in [6.07, 6.45) is 8.83. The summed E-state index contributed by atoms with van der Waals surface area (Å²) < 4.78 is 0. The van der Waals surface area contributed by atoms with Crippen molar-refractivity contribution in [2.45, 2.75) is 43.9 Å². The van der Waals surface area contributed by atoms with Gasteiger partial charge in [0.15, 0.2) is 0 Å². The average Bonchev–Trinajstić information content (AvgIpc) is 2.74. The Labute approximate surface area is 174 Å². The maximum absolute atomic E-state index is 3.67. The van der Waals surface area contributed by atoms with Crippen molar-refractivity contribution in [3.8, 4) is 11.1 Å². The maximum atomic E-state index is 3.67. The number of nitrogens with one attached hydrogen (secondary N) is 1. The number of hydrogen-bond donors (Lipinski definition) is 1. The van der Waals surface area contributed by atoms with Crippen LogP contribution in [0.4, 0.5) is 11.4 Å². The number of para-hydroxylation sites is 1. The van der Waals surface area contributed by atoms with Crippen molar-refractivity contribution in [2.75, 3.05) is 5.32 Å². The third kappa shape index (κ3) is 3.08. The Hall–Kier alpha value is -2.54. The second kappa shape index (κ2) is 6.76. The summed E-state index contributed by atoms with van der Waals surface area (Å²) in [5.41, 5.74) is 6.93. The van der Waals surface area contributed by atoms with Gasteiger partial charge in [0.2, 0.25) is 0 Å². The Morgan fingerprint density at radius 3 is 1.86 bits per heavy atom. The molecule has 3 aromatic rings. The Bertz CT molecular complexity index is 967. The molecule has 1 nitrogen and oxygen atoms in total. The number of benzene rings is 3. The topological polar surface area (TPSA) is 12.0 Å². The van der Waals surface area contributed by atoms with Crippen molar-refractivity contribution < 1.29 is 0 Å². The molecule has 0 unspecified atom stereocenters. The summed E-state index contributed by atoms with van der Waals surface area (Å²) in [4.78, 5) is 0. The molecule has 0 amide bonds. The average molecular weight is 380 g/mol. The fourth-order valence-corrected chi connectivity index (χ4v) is 6.99. The third-order valence-electron chi connectivity index (χ3n) is 7.83. The third-order valence-corrected chi connectivity index (χ3v) is 7.83. The van der Waals surface area contributed by atoms with Crippen molar-refractivity contribution in [1.82, 2.24) is 0 Å². The van der Waals surface area contributed by atoms with E-state index in [0.29, 0.717) is 5.41 Å². The quantitative estimate of drug-likeness (QED) is 0.493. The zero-order valence-corrected chi connectivity index (χ0v) is 17.0. The number of hydrogen-bond acceptors (Lipinski definition) is 1. The fraction of sp³-hybridized carbons (Fsp3) is 0.357. The molecule has 4 aliphatic carbocycles. The molecule has 4 saturated carbocycles. The first-order valence-corrected chi connectivity index (χ1v) is 11.3. The molecular formula is C28H29N. The first-order valence-electron chi connectivity index (χ1n) is 11.3. The number of rotatable bonds is 4. The molecule has 29 heavy (non-hydrogen) atoms. The van der Waals surface area contributed by atoms with Crippen LogP contribution < -0.4 is 5.32 Å². The molecule has 3 aromatic carbocycles. The van der Waals surface area contributed by atoms with Crippen LogP contribution in [0.2, 0.25) is 0 Å². The summed E-state index contributed by atoms with van der Waals surface area (Å²) in [6, 6.07) is 28.7. The largest absolute Gasteiger partial charge is 0.355 e. The van der Waals surface area contributed by atoms with Crippen LogP contribution in [0.5, 0.6) is 0 Å². The van der Waals surface area contributed by atoms with Crippen LogP contribution in [0.1, 0.15) is 44.1 Å². The molecule has 0 radical (unpaired) electrons. The summed E-state index contributed by atoms with van der Waals surface area (Å²) in [5.74, 6) is 2.99. The molecule has 4 fully saturated rings. The van der Waals surface area contributed by atoms with Crippen LogP contribution >= 0.6 is 0 Å². The van der Waals surface area contributed by atoms with Gasteiger partial charge in [0.1, 0.15) is 0 Å². The van der Waals surface area contributed by atoms with E-state index in [1.807, 2.05) is 0 Å². The van der Waals surface area contributed by atoms with Gasteiger partial charge in [-0.05, 0) is 91.0 Å². The molecule has 0 heterocycles. The highest BCUT2D eigenvalue weighted by molar-refractivity contribution is 5.80.